The van der Waals surface area contributed by atoms with Crippen LogP contribution in [0.1, 0.15) is 0 Å². The fourth-order valence-corrected chi connectivity index (χ4v) is 2.74. The maximum atomic E-state index is 9.98. The summed E-state index contributed by atoms with van der Waals surface area (Å²) in [6.07, 6.45) is 0. The monoisotopic (exact) mass is 458 g/mol. The molecule has 7 heteroatoms. The van der Waals surface area contributed by atoms with E-state index in [4.69, 9.17) is 0 Å². The molecule has 0 aromatic heterocycles. The van der Waals surface area contributed by atoms with Crippen LogP contribution < -0.4 is 0 Å². The van der Waals surface area contributed by atoms with Gasteiger partial charge in [-0.3, -0.25) is 0 Å². The number of hydrogen-bond donors (Lipinski definition) is 0. The molecular formula is O4STa2. The van der Waals surface area contributed by atoms with Crippen molar-refractivity contribution in [3.05, 3.63) is 0 Å². The van der Waals surface area contributed by atoms with Crippen molar-refractivity contribution in [3.8, 4) is 0 Å². The summed E-state index contributed by atoms with van der Waals surface area (Å²) < 4.78 is 27.9. The molecule has 0 N–H and O–H groups in total. The van der Waals surface area contributed by atoms with Gasteiger partial charge in [-0.1, -0.05) is 0 Å². The van der Waals surface area contributed by atoms with E-state index in [1.807, 2.05) is 0 Å². The van der Waals surface area contributed by atoms with Crippen LogP contribution in [0.4, 0.5) is 0 Å². The van der Waals surface area contributed by atoms with Gasteiger partial charge in [0, 0.05) is 0 Å². The molecule has 4 nitrogen and oxygen atoms in total. The first kappa shape index (κ1) is 8.35. The van der Waals surface area contributed by atoms with Gasteiger partial charge in [0.2, 0.25) is 0 Å². The van der Waals surface area contributed by atoms with E-state index in [1.54, 1.807) is 0 Å². The van der Waals surface area contributed by atoms with Crippen molar-refractivity contribution in [1.82, 2.24) is 0 Å². The first-order chi connectivity index (χ1) is 3.12. The zero-order valence-corrected chi connectivity index (χ0v) is 10.2. The van der Waals surface area contributed by atoms with Crippen molar-refractivity contribution >= 4 is 10.4 Å². The third-order valence-corrected chi connectivity index (χ3v) is 4.48. The molecule has 0 aliphatic rings. The Labute approximate surface area is 66.7 Å². The average molecular weight is 458 g/mol. The summed E-state index contributed by atoms with van der Waals surface area (Å²) in [5, 5.41) is 0. The molecule has 0 heterocycles. The second kappa shape index (κ2) is 3.39. The van der Waals surface area contributed by atoms with Crippen molar-refractivity contribution in [2.45, 2.75) is 0 Å². The van der Waals surface area contributed by atoms with Crippen LogP contribution in [0.2, 0.25) is 0 Å². The van der Waals surface area contributed by atoms with Crippen molar-refractivity contribution < 1.29 is 56.7 Å². The van der Waals surface area contributed by atoms with Gasteiger partial charge < -0.3 is 0 Å². The van der Waals surface area contributed by atoms with Gasteiger partial charge >= 0.3 is 67.1 Å². The normalized spacial score (nSPS) is 11.4. The van der Waals surface area contributed by atoms with Gasteiger partial charge in [-0.2, -0.15) is 0 Å². The molecular weight excluding hydrogens is 458 g/mol. The SMILES string of the molecule is O=S(=O)([O][Ta])[O][Ta]. The summed E-state index contributed by atoms with van der Waals surface area (Å²) in [5.41, 5.74) is 0. The summed E-state index contributed by atoms with van der Waals surface area (Å²) in [4.78, 5) is 0. The van der Waals surface area contributed by atoms with E-state index in [-0.39, 0.29) is 0 Å². The van der Waals surface area contributed by atoms with Gasteiger partial charge in [-0.15, -0.1) is 0 Å². The van der Waals surface area contributed by atoms with Crippen LogP contribution in [0.25, 0.3) is 0 Å². The van der Waals surface area contributed by atoms with Crippen molar-refractivity contribution in [3.63, 3.8) is 0 Å². The molecule has 0 unspecified atom stereocenters. The van der Waals surface area contributed by atoms with Crippen LogP contribution in [-0.2, 0) is 58.7 Å². The molecule has 0 saturated heterocycles. The van der Waals surface area contributed by atoms with Crippen molar-refractivity contribution in [1.29, 1.82) is 0 Å². The summed E-state index contributed by atoms with van der Waals surface area (Å²) in [5.74, 6) is 0. The Morgan fingerprint density at radius 3 is 1.43 bits per heavy atom. The molecule has 0 bridgehead atoms. The molecule has 0 aliphatic heterocycles. The Morgan fingerprint density at radius 1 is 1.14 bits per heavy atom. The maximum absolute atomic E-state index is 9.98. The third-order valence-electron chi connectivity index (χ3n) is 0.183. The molecule has 0 fully saturated rings. The van der Waals surface area contributed by atoms with Crippen LogP contribution in [0, 0.1) is 0 Å². The second-order valence-corrected chi connectivity index (χ2v) is 4.89. The van der Waals surface area contributed by atoms with Crippen LogP contribution in [0.15, 0.2) is 0 Å². The minimum absolute atomic E-state index is 0.338. The Hall–Kier alpha value is 1.35. The van der Waals surface area contributed by atoms with E-state index in [2.05, 4.69) is 5.38 Å². The van der Waals surface area contributed by atoms with Gasteiger partial charge in [-0.05, 0) is 0 Å². The summed E-state index contributed by atoms with van der Waals surface area (Å²) in [6.45, 7) is 0. The van der Waals surface area contributed by atoms with Crippen molar-refractivity contribution in [2.24, 2.45) is 0 Å². The van der Waals surface area contributed by atoms with Gasteiger partial charge in [0.15, 0.2) is 0 Å². The van der Waals surface area contributed by atoms with Crippen LogP contribution in [0.3, 0.4) is 0 Å². The van der Waals surface area contributed by atoms with Gasteiger partial charge in [0.1, 0.15) is 0 Å². The second-order valence-electron chi connectivity index (χ2n) is 0.557. The van der Waals surface area contributed by atoms with E-state index in [1.165, 1.54) is 0 Å². The molecule has 0 rings (SSSR count). The van der Waals surface area contributed by atoms with Crippen LogP contribution in [-0.4, -0.2) is 8.42 Å². The number of rotatable bonds is 2. The Bertz CT molecular complexity index is 113. The average Bonchev–Trinajstić information content (AvgIpc) is 1.68. The van der Waals surface area contributed by atoms with Gasteiger partial charge in [0.05, 0.1) is 0 Å². The predicted molar refractivity (Wildman–Crippen MR) is 11.1 cm³/mol. The first-order valence-corrected chi connectivity index (χ1v) is 4.99. The Kier molecular flexibility index (Phi) is 4.04. The summed E-state index contributed by atoms with van der Waals surface area (Å²) in [6, 6.07) is 0. The van der Waals surface area contributed by atoms with E-state index in [0.717, 1.165) is 0 Å². The Balaban J connectivity index is 3.89. The van der Waals surface area contributed by atoms with Crippen molar-refractivity contribution in [2.75, 3.05) is 0 Å². The first-order valence-electron chi connectivity index (χ1n) is 1.03. The van der Waals surface area contributed by atoms with Gasteiger partial charge in [-0.25, -0.2) is 0 Å². The molecule has 0 aromatic carbocycles. The fourth-order valence-electron chi connectivity index (χ4n) is 0.0136. The topological polar surface area (TPSA) is 52.6 Å². The molecule has 0 radical (unpaired) electrons. The molecule has 0 atom stereocenters. The van der Waals surface area contributed by atoms with Gasteiger partial charge in [0.25, 0.3) is 0 Å². The van der Waals surface area contributed by atoms with Crippen LogP contribution >= 0.6 is 0 Å². The quantitative estimate of drug-likeness (QED) is 0.544. The van der Waals surface area contributed by atoms with E-state index >= 15 is 0 Å². The molecule has 40 valence electrons. The minimum atomic E-state index is -3.56. The molecule has 0 spiro atoms. The molecule has 0 saturated carbocycles. The Morgan fingerprint density at radius 2 is 1.43 bits per heavy atom. The molecule has 7 heavy (non-hydrogen) atoms. The van der Waals surface area contributed by atoms with E-state index in [9.17, 15) is 8.42 Å². The molecule has 0 aromatic rings. The zero-order valence-electron chi connectivity index (χ0n) is 2.94. The standard InChI is InChI=1S/H2O4S.2Ta/c1-5(2,3)4;;/h(H2,1,2,3,4);;/q;2*+1/p-2. The van der Waals surface area contributed by atoms with E-state index in [0.29, 0.717) is 42.9 Å². The predicted octanol–water partition coefficient (Wildman–Crippen LogP) is -0.812. The van der Waals surface area contributed by atoms with E-state index < -0.39 is 10.4 Å². The number of hydrogen-bond acceptors (Lipinski definition) is 4. The zero-order chi connectivity index (χ0) is 5.91. The summed E-state index contributed by atoms with van der Waals surface area (Å²) >= 11 is 0.677. The molecule has 0 amide bonds. The fraction of sp³-hybridized carbons (Fsp3) is 0. The summed E-state index contributed by atoms with van der Waals surface area (Å²) in [7, 11) is -3.56. The van der Waals surface area contributed by atoms with Crippen LogP contribution in [0.5, 0.6) is 0 Å². The molecule has 0 aliphatic carbocycles. The third kappa shape index (κ3) is 3.89.